The molecule has 6 nitrogen and oxygen atoms in total. The molecule has 0 saturated carbocycles. The average molecular weight is 338 g/mol. The summed E-state index contributed by atoms with van der Waals surface area (Å²) < 4.78 is 10.7. The Hall–Kier alpha value is -3.12. The van der Waals surface area contributed by atoms with E-state index in [0.29, 0.717) is 23.6 Å². The van der Waals surface area contributed by atoms with E-state index in [1.54, 1.807) is 18.3 Å². The molecule has 0 saturated heterocycles. The molecule has 0 unspecified atom stereocenters. The molecule has 25 heavy (non-hydrogen) atoms. The van der Waals surface area contributed by atoms with E-state index >= 15 is 0 Å². The van der Waals surface area contributed by atoms with Crippen molar-refractivity contribution in [3.63, 3.8) is 0 Å². The van der Waals surface area contributed by atoms with Gasteiger partial charge in [-0.15, -0.1) is 0 Å². The highest BCUT2D eigenvalue weighted by atomic mass is 16.5. The number of hydrogen-bond acceptors (Lipinski definition) is 5. The van der Waals surface area contributed by atoms with Crippen molar-refractivity contribution in [2.75, 3.05) is 13.2 Å². The van der Waals surface area contributed by atoms with E-state index in [2.05, 4.69) is 10.3 Å². The predicted molar refractivity (Wildman–Crippen MR) is 92.1 cm³/mol. The van der Waals surface area contributed by atoms with E-state index in [1.807, 2.05) is 36.4 Å². The van der Waals surface area contributed by atoms with Gasteiger partial charge in [-0.2, -0.15) is 0 Å². The number of nitrogens with zero attached hydrogens (tertiary/aromatic N) is 1. The van der Waals surface area contributed by atoms with E-state index < -0.39 is 0 Å². The van der Waals surface area contributed by atoms with Crippen molar-refractivity contribution in [3.8, 4) is 17.1 Å². The minimum atomic E-state index is -0.180. The Balaban J connectivity index is 1.63. The second kappa shape index (κ2) is 8.12. The van der Waals surface area contributed by atoms with Crippen molar-refractivity contribution in [1.82, 2.24) is 10.3 Å². The fraction of sp³-hybridized carbons (Fsp3) is 0.158. The Morgan fingerprint density at radius 2 is 1.96 bits per heavy atom. The van der Waals surface area contributed by atoms with Crippen molar-refractivity contribution < 1.29 is 19.1 Å². The highest BCUT2D eigenvalue weighted by molar-refractivity contribution is 5.94. The van der Waals surface area contributed by atoms with Crippen LogP contribution in [0.1, 0.15) is 15.9 Å². The van der Waals surface area contributed by atoms with E-state index in [9.17, 15) is 4.79 Å². The smallest absolute Gasteiger partial charge is 0.251 e. The van der Waals surface area contributed by atoms with Crippen LogP contribution in [0.5, 0.6) is 5.75 Å². The molecule has 0 aliphatic rings. The second-order valence-electron chi connectivity index (χ2n) is 5.31. The molecule has 3 rings (SSSR count). The van der Waals surface area contributed by atoms with Crippen LogP contribution in [0.2, 0.25) is 0 Å². The number of hydrogen-bond donors (Lipinski definition) is 2. The maximum absolute atomic E-state index is 12.3. The van der Waals surface area contributed by atoms with Gasteiger partial charge in [0.15, 0.2) is 12.2 Å². The number of aliphatic hydroxyl groups is 1. The Labute approximate surface area is 145 Å². The lowest BCUT2D eigenvalue weighted by Gasteiger charge is -2.11. The predicted octanol–water partition coefficient (Wildman–Crippen LogP) is 2.64. The Morgan fingerprint density at radius 1 is 1.16 bits per heavy atom. The van der Waals surface area contributed by atoms with Crippen molar-refractivity contribution in [2.24, 2.45) is 0 Å². The minimum absolute atomic E-state index is 0.0573. The van der Waals surface area contributed by atoms with E-state index in [0.717, 1.165) is 11.1 Å². The zero-order chi connectivity index (χ0) is 17.5. The quantitative estimate of drug-likeness (QED) is 0.692. The van der Waals surface area contributed by atoms with Gasteiger partial charge >= 0.3 is 0 Å². The molecule has 0 fully saturated rings. The number of ether oxygens (including phenoxy) is 1. The standard InChI is InChI=1S/C19H18N2O4/c22-9-10-24-17-4-2-1-3-16(17)11-21-19(23)15-7-5-14(6-8-15)18-12-20-13-25-18/h1-8,12-13,22H,9-11H2,(H,21,23). The van der Waals surface area contributed by atoms with Crippen molar-refractivity contribution in [2.45, 2.75) is 6.54 Å². The number of amides is 1. The summed E-state index contributed by atoms with van der Waals surface area (Å²) in [5.41, 5.74) is 2.26. The van der Waals surface area contributed by atoms with Gasteiger partial charge in [0.1, 0.15) is 12.4 Å². The van der Waals surface area contributed by atoms with Gasteiger partial charge in [-0.25, -0.2) is 4.98 Å². The van der Waals surface area contributed by atoms with Crippen LogP contribution in [-0.4, -0.2) is 29.2 Å². The first-order valence-corrected chi connectivity index (χ1v) is 7.86. The molecule has 128 valence electrons. The van der Waals surface area contributed by atoms with Crippen molar-refractivity contribution in [3.05, 3.63) is 72.2 Å². The maximum Gasteiger partial charge on any atom is 0.251 e. The third kappa shape index (κ3) is 4.24. The lowest BCUT2D eigenvalue weighted by atomic mass is 10.1. The second-order valence-corrected chi connectivity index (χ2v) is 5.31. The number of benzene rings is 2. The van der Waals surface area contributed by atoms with Crippen LogP contribution in [-0.2, 0) is 6.54 Å². The summed E-state index contributed by atoms with van der Waals surface area (Å²) in [5.74, 6) is 1.13. The van der Waals surface area contributed by atoms with Gasteiger partial charge in [0.05, 0.1) is 12.8 Å². The summed E-state index contributed by atoms with van der Waals surface area (Å²) in [7, 11) is 0. The topological polar surface area (TPSA) is 84.6 Å². The monoisotopic (exact) mass is 338 g/mol. The van der Waals surface area contributed by atoms with E-state index in [4.69, 9.17) is 14.3 Å². The van der Waals surface area contributed by atoms with Crippen LogP contribution in [0, 0.1) is 0 Å². The number of carbonyl (C=O) groups is 1. The van der Waals surface area contributed by atoms with Gasteiger partial charge in [-0.05, 0) is 18.2 Å². The lowest BCUT2D eigenvalue weighted by Crippen LogP contribution is -2.23. The molecule has 2 N–H and O–H groups in total. The Bertz CT molecular complexity index is 814. The number of rotatable bonds is 7. The number of oxazole rings is 1. The third-order valence-corrected chi connectivity index (χ3v) is 3.62. The summed E-state index contributed by atoms with van der Waals surface area (Å²) in [6.45, 7) is 0.497. The summed E-state index contributed by atoms with van der Waals surface area (Å²) in [6.07, 6.45) is 2.99. The van der Waals surface area contributed by atoms with Gasteiger partial charge < -0.3 is 19.6 Å². The van der Waals surface area contributed by atoms with Gasteiger partial charge in [-0.3, -0.25) is 4.79 Å². The van der Waals surface area contributed by atoms with Crippen LogP contribution in [0.25, 0.3) is 11.3 Å². The first kappa shape index (κ1) is 16.7. The number of aromatic nitrogens is 1. The number of nitrogens with one attached hydrogen (secondary N) is 1. The van der Waals surface area contributed by atoms with Gasteiger partial charge in [0, 0.05) is 23.2 Å². The summed E-state index contributed by atoms with van der Waals surface area (Å²) in [6, 6.07) is 14.5. The van der Waals surface area contributed by atoms with Gasteiger partial charge in [0.2, 0.25) is 0 Å². The molecule has 2 aromatic carbocycles. The zero-order valence-electron chi connectivity index (χ0n) is 13.5. The molecule has 0 radical (unpaired) electrons. The van der Waals surface area contributed by atoms with Crippen molar-refractivity contribution in [1.29, 1.82) is 0 Å². The number of aliphatic hydroxyl groups excluding tert-OH is 1. The molecule has 0 aliphatic carbocycles. The molecule has 3 aromatic rings. The third-order valence-electron chi connectivity index (χ3n) is 3.62. The fourth-order valence-electron chi connectivity index (χ4n) is 2.37. The number of para-hydroxylation sites is 1. The van der Waals surface area contributed by atoms with Gasteiger partial charge in [-0.1, -0.05) is 30.3 Å². The largest absolute Gasteiger partial charge is 0.491 e. The van der Waals surface area contributed by atoms with Crippen LogP contribution in [0.15, 0.2) is 65.5 Å². The molecule has 0 bridgehead atoms. The molecule has 0 atom stereocenters. The van der Waals surface area contributed by atoms with Crippen molar-refractivity contribution >= 4 is 5.91 Å². The molecule has 0 aliphatic heterocycles. The Morgan fingerprint density at radius 3 is 2.68 bits per heavy atom. The van der Waals surface area contributed by atoms with E-state index in [-0.39, 0.29) is 19.1 Å². The number of carbonyl (C=O) groups excluding carboxylic acids is 1. The zero-order valence-corrected chi connectivity index (χ0v) is 13.5. The first-order valence-electron chi connectivity index (χ1n) is 7.86. The summed E-state index contributed by atoms with van der Waals surface area (Å²) >= 11 is 0. The molecule has 0 spiro atoms. The highest BCUT2D eigenvalue weighted by Crippen LogP contribution is 2.20. The Kier molecular flexibility index (Phi) is 5.43. The maximum atomic E-state index is 12.3. The van der Waals surface area contributed by atoms with Crippen LogP contribution >= 0.6 is 0 Å². The molecule has 6 heteroatoms. The van der Waals surface area contributed by atoms with Crippen LogP contribution in [0.3, 0.4) is 0 Å². The molecule has 1 aromatic heterocycles. The average Bonchev–Trinajstić information content (AvgIpc) is 3.20. The lowest BCUT2D eigenvalue weighted by molar-refractivity contribution is 0.0950. The normalized spacial score (nSPS) is 10.4. The van der Waals surface area contributed by atoms with Crippen LogP contribution < -0.4 is 10.1 Å². The SMILES string of the molecule is O=C(NCc1ccccc1OCCO)c1ccc(-c2cnco2)cc1. The summed E-state index contributed by atoms with van der Waals surface area (Å²) in [4.78, 5) is 16.2. The molecular formula is C19H18N2O4. The first-order chi connectivity index (χ1) is 12.3. The van der Waals surface area contributed by atoms with E-state index in [1.165, 1.54) is 6.39 Å². The van der Waals surface area contributed by atoms with Crippen LogP contribution in [0.4, 0.5) is 0 Å². The summed E-state index contributed by atoms with van der Waals surface area (Å²) in [5, 5.41) is 11.7. The molecule has 1 amide bonds. The fourth-order valence-corrected chi connectivity index (χ4v) is 2.37. The van der Waals surface area contributed by atoms with Gasteiger partial charge in [0.25, 0.3) is 5.91 Å². The highest BCUT2D eigenvalue weighted by Gasteiger charge is 2.09. The molecular weight excluding hydrogens is 320 g/mol. The minimum Gasteiger partial charge on any atom is -0.491 e. The molecule has 1 heterocycles.